The van der Waals surface area contributed by atoms with Gasteiger partial charge in [0.2, 0.25) is 5.91 Å². The lowest BCUT2D eigenvalue weighted by atomic mass is 10.2. The highest BCUT2D eigenvalue weighted by Crippen LogP contribution is 2.19. The minimum atomic E-state index is -0.146. The Hall–Kier alpha value is -2.74. The molecule has 0 aliphatic carbocycles. The highest BCUT2D eigenvalue weighted by Gasteiger charge is 2.07. The number of aryl methyl sites for hydroxylation is 1. The van der Waals surface area contributed by atoms with Crippen molar-refractivity contribution in [2.45, 2.75) is 12.8 Å². The van der Waals surface area contributed by atoms with E-state index >= 15 is 0 Å². The van der Waals surface area contributed by atoms with Gasteiger partial charge in [0.1, 0.15) is 5.76 Å². The number of amides is 1. The van der Waals surface area contributed by atoms with E-state index in [4.69, 9.17) is 15.4 Å². The topological polar surface area (TPSA) is 92.0 Å². The number of nitrogens with one attached hydrogen (secondary N) is 1. The number of nitrogens with zero attached hydrogens (tertiary/aromatic N) is 1. The van der Waals surface area contributed by atoms with Crippen LogP contribution in [0.4, 0.5) is 11.4 Å². The van der Waals surface area contributed by atoms with Gasteiger partial charge in [-0.05, 0) is 30.3 Å². The molecule has 1 aromatic carbocycles. The average Bonchev–Trinajstić information content (AvgIpc) is 2.92. The van der Waals surface area contributed by atoms with Gasteiger partial charge < -0.3 is 15.5 Å². The molecule has 0 saturated heterocycles. The second-order valence-electron chi connectivity index (χ2n) is 4.04. The van der Waals surface area contributed by atoms with Crippen LogP contribution in [0.3, 0.4) is 0 Å². The second-order valence-corrected chi connectivity index (χ2v) is 4.04. The van der Waals surface area contributed by atoms with E-state index in [1.165, 1.54) is 6.07 Å². The molecule has 3 N–H and O–H groups in total. The van der Waals surface area contributed by atoms with Crippen molar-refractivity contribution < 1.29 is 9.21 Å². The van der Waals surface area contributed by atoms with Crippen LogP contribution in [-0.2, 0) is 11.2 Å². The van der Waals surface area contributed by atoms with Crippen LogP contribution in [-0.4, -0.2) is 5.91 Å². The van der Waals surface area contributed by atoms with Gasteiger partial charge in [0.15, 0.2) is 0 Å². The number of furan rings is 1. The lowest BCUT2D eigenvalue weighted by Crippen LogP contribution is -2.13. The first-order valence-corrected chi connectivity index (χ1v) is 5.81. The molecule has 0 unspecified atom stereocenters. The molecule has 2 rings (SSSR count). The average molecular weight is 255 g/mol. The smallest absolute Gasteiger partial charge is 0.224 e. The van der Waals surface area contributed by atoms with Gasteiger partial charge in [-0.15, -0.1) is 0 Å². The monoisotopic (exact) mass is 255 g/mol. The van der Waals surface area contributed by atoms with E-state index in [-0.39, 0.29) is 5.91 Å². The third-order valence-electron chi connectivity index (χ3n) is 2.63. The Kier molecular flexibility index (Phi) is 3.84. The van der Waals surface area contributed by atoms with Crippen molar-refractivity contribution >= 4 is 17.3 Å². The van der Waals surface area contributed by atoms with Crippen molar-refractivity contribution in [2.75, 3.05) is 11.1 Å². The number of nitriles is 1. The fraction of sp³-hybridized carbons (Fsp3) is 0.143. The van der Waals surface area contributed by atoms with Crippen molar-refractivity contribution in [1.82, 2.24) is 0 Å². The van der Waals surface area contributed by atoms with E-state index in [0.717, 1.165) is 5.76 Å². The highest BCUT2D eigenvalue weighted by molar-refractivity contribution is 5.94. The molecule has 0 saturated carbocycles. The van der Waals surface area contributed by atoms with E-state index < -0.39 is 0 Å². The summed E-state index contributed by atoms with van der Waals surface area (Å²) in [6.07, 6.45) is 2.42. The molecule has 0 fully saturated rings. The van der Waals surface area contributed by atoms with Gasteiger partial charge in [0, 0.05) is 12.8 Å². The number of carbonyl (C=O) groups is 1. The minimum absolute atomic E-state index is 0.146. The van der Waals surface area contributed by atoms with Crippen molar-refractivity contribution in [2.24, 2.45) is 0 Å². The lowest BCUT2D eigenvalue weighted by Gasteiger charge is -2.07. The fourth-order valence-electron chi connectivity index (χ4n) is 1.65. The molecule has 0 aliphatic rings. The number of rotatable bonds is 4. The number of nitrogen functional groups attached to an aromatic ring is 1. The number of benzene rings is 1. The Labute approximate surface area is 110 Å². The first kappa shape index (κ1) is 12.7. The molecular weight excluding hydrogens is 242 g/mol. The van der Waals surface area contributed by atoms with Crippen LogP contribution in [0.5, 0.6) is 0 Å². The number of hydrogen-bond donors (Lipinski definition) is 2. The van der Waals surface area contributed by atoms with Crippen LogP contribution in [0.25, 0.3) is 0 Å². The molecule has 96 valence electrons. The van der Waals surface area contributed by atoms with Crippen molar-refractivity contribution in [1.29, 1.82) is 5.26 Å². The Morgan fingerprint density at radius 3 is 2.89 bits per heavy atom. The van der Waals surface area contributed by atoms with Crippen molar-refractivity contribution in [3.8, 4) is 6.07 Å². The third kappa shape index (κ3) is 3.36. The van der Waals surface area contributed by atoms with Gasteiger partial charge in [0.25, 0.3) is 0 Å². The summed E-state index contributed by atoms with van der Waals surface area (Å²) in [7, 11) is 0. The van der Waals surface area contributed by atoms with Gasteiger partial charge >= 0.3 is 0 Å². The summed E-state index contributed by atoms with van der Waals surface area (Å²) < 4.78 is 5.15. The van der Waals surface area contributed by atoms with E-state index in [1.54, 1.807) is 24.5 Å². The number of hydrogen-bond acceptors (Lipinski definition) is 4. The Morgan fingerprint density at radius 2 is 2.26 bits per heavy atom. The molecule has 2 aromatic rings. The molecule has 1 heterocycles. The minimum Gasteiger partial charge on any atom is -0.469 e. The van der Waals surface area contributed by atoms with Crippen LogP contribution in [0, 0.1) is 11.3 Å². The molecule has 5 nitrogen and oxygen atoms in total. The normalized spacial score (nSPS) is 9.84. The summed E-state index contributed by atoms with van der Waals surface area (Å²) in [6.45, 7) is 0. The van der Waals surface area contributed by atoms with Gasteiger partial charge in [-0.3, -0.25) is 4.79 Å². The maximum Gasteiger partial charge on any atom is 0.224 e. The Bertz CT molecular complexity index is 612. The van der Waals surface area contributed by atoms with E-state index in [0.29, 0.717) is 29.8 Å². The molecule has 1 amide bonds. The third-order valence-corrected chi connectivity index (χ3v) is 2.63. The Balaban J connectivity index is 1.94. The molecule has 1 aromatic heterocycles. The number of carbonyl (C=O) groups excluding carboxylic acids is 1. The summed E-state index contributed by atoms with van der Waals surface area (Å²) in [5.41, 5.74) is 7.11. The largest absolute Gasteiger partial charge is 0.469 e. The molecule has 0 radical (unpaired) electrons. The Morgan fingerprint density at radius 1 is 1.42 bits per heavy atom. The summed E-state index contributed by atoms with van der Waals surface area (Å²) >= 11 is 0. The van der Waals surface area contributed by atoms with Crippen LogP contribution >= 0.6 is 0 Å². The van der Waals surface area contributed by atoms with Crippen LogP contribution in [0.1, 0.15) is 17.7 Å². The van der Waals surface area contributed by atoms with Crippen LogP contribution in [0.15, 0.2) is 41.0 Å². The predicted octanol–water partition coefficient (Wildman–Crippen LogP) is 2.30. The molecular formula is C14H13N3O2. The van der Waals surface area contributed by atoms with E-state index in [2.05, 4.69) is 5.32 Å². The zero-order valence-corrected chi connectivity index (χ0v) is 10.2. The van der Waals surface area contributed by atoms with Gasteiger partial charge in [0.05, 0.1) is 29.3 Å². The maximum atomic E-state index is 11.7. The summed E-state index contributed by atoms with van der Waals surface area (Å²) in [5.74, 6) is 0.621. The van der Waals surface area contributed by atoms with Crippen molar-refractivity contribution in [3.63, 3.8) is 0 Å². The van der Waals surface area contributed by atoms with Gasteiger partial charge in [-0.2, -0.15) is 5.26 Å². The SMILES string of the molecule is N#Cc1ccc(NC(=O)CCc2ccco2)c(N)c1. The number of nitrogens with two attached hydrogens (primary N) is 1. The first-order chi connectivity index (χ1) is 9.19. The number of anilines is 2. The van der Waals surface area contributed by atoms with Gasteiger partial charge in [-0.1, -0.05) is 0 Å². The molecule has 0 aliphatic heterocycles. The predicted molar refractivity (Wildman–Crippen MR) is 71.2 cm³/mol. The molecule has 5 heteroatoms. The maximum absolute atomic E-state index is 11.7. The standard InChI is InChI=1S/C14H13N3O2/c15-9-10-3-5-13(12(16)8-10)17-14(18)6-4-11-2-1-7-19-11/h1-3,5,7-8H,4,6,16H2,(H,17,18). The quantitative estimate of drug-likeness (QED) is 0.820. The molecule has 19 heavy (non-hydrogen) atoms. The fourth-order valence-corrected chi connectivity index (χ4v) is 1.65. The van der Waals surface area contributed by atoms with E-state index in [1.807, 2.05) is 12.1 Å². The summed E-state index contributed by atoms with van der Waals surface area (Å²) in [6, 6.07) is 10.4. The van der Waals surface area contributed by atoms with Crippen LogP contribution < -0.4 is 11.1 Å². The molecule has 0 bridgehead atoms. The zero-order valence-electron chi connectivity index (χ0n) is 10.2. The van der Waals surface area contributed by atoms with Crippen molar-refractivity contribution in [3.05, 3.63) is 47.9 Å². The van der Waals surface area contributed by atoms with Crippen LogP contribution in [0.2, 0.25) is 0 Å². The summed E-state index contributed by atoms with van der Waals surface area (Å²) in [5, 5.41) is 11.4. The van der Waals surface area contributed by atoms with Gasteiger partial charge in [-0.25, -0.2) is 0 Å². The molecule has 0 atom stereocenters. The van der Waals surface area contributed by atoms with E-state index in [9.17, 15) is 4.79 Å². The highest BCUT2D eigenvalue weighted by atomic mass is 16.3. The lowest BCUT2D eigenvalue weighted by molar-refractivity contribution is -0.116. The summed E-state index contributed by atoms with van der Waals surface area (Å²) in [4.78, 5) is 11.7. The zero-order chi connectivity index (χ0) is 13.7. The molecule has 0 spiro atoms. The first-order valence-electron chi connectivity index (χ1n) is 5.81. The second kappa shape index (κ2) is 5.74.